The van der Waals surface area contributed by atoms with Gasteiger partial charge in [0.25, 0.3) is 0 Å². The van der Waals surface area contributed by atoms with Crippen molar-refractivity contribution in [3.05, 3.63) is 41.5 Å². The van der Waals surface area contributed by atoms with Gasteiger partial charge in [0.15, 0.2) is 5.82 Å². The van der Waals surface area contributed by atoms with Crippen LogP contribution < -0.4 is 4.72 Å². The first kappa shape index (κ1) is 16.4. The minimum atomic E-state index is -3.49. The fraction of sp³-hybridized carbons (Fsp3) is 0.429. The Hall–Kier alpha value is -1.93. The molecule has 7 nitrogen and oxygen atoms in total. The Morgan fingerprint density at radius 1 is 1.23 bits per heavy atom. The molecule has 0 unspecified atom stereocenters. The van der Waals surface area contributed by atoms with Crippen molar-refractivity contribution in [3.8, 4) is 0 Å². The predicted molar refractivity (Wildman–Crippen MR) is 83.9 cm³/mol. The zero-order chi connectivity index (χ0) is 16.3. The number of anilines is 1. The number of hydrogen-bond acceptors (Lipinski definition) is 5. The highest BCUT2D eigenvalue weighted by molar-refractivity contribution is 7.90. The Kier molecular flexibility index (Phi) is 4.82. The monoisotopic (exact) mass is 324 g/mol. The molecule has 0 saturated heterocycles. The van der Waals surface area contributed by atoms with Crippen molar-refractivity contribution >= 4 is 15.9 Å². The van der Waals surface area contributed by atoms with E-state index in [1.807, 2.05) is 26.0 Å². The Labute approximate surface area is 130 Å². The van der Waals surface area contributed by atoms with Gasteiger partial charge in [-0.2, -0.15) is 17.7 Å². The lowest BCUT2D eigenvalue weighted by Gasteiger charge is -2.13. The van der Waals surface area contributed by atoms with Gasteiger partial charge in [0.05, 0.1) is 6.42 Å². The summed E-state index contributed by atoms with van der Waals surface area (Å²) in [4.78, 5) is 4.31. The van der Waals surface area contributed by atoms with E-state index in [0.29, 0.717) is 23.8 Å². The van der Waals surface area contributed by atoms with Crippen molar-refractivity contribution in [3.63, 3.8) is 0 Å². The number of hydrogen-bond donors (Lipinski definition) is 1. The van der Waals surface area contributed by atoms with E-state index < -0.39 is 10.2 Å². The molecular weight excluding hydrogens is 304 g/mol. The van der Waals surface area contributed by atoms with E-state index in [1.165, 1.54) is 14.1 Å². The fourth-order valence-electron chi connectivity index (χ4n) is 1.68. The summed E-state index contributed by atoms with van der Waals surface area (Å²) in [6.45, 7) is 4.00. The van der Waals surface area contributed by atoms with Gasteiger partial charge < -0.3 is 4.52 Å². The van der Waals surface area contributed by atoms with Crippen LogP contribution in [0.3, 0.4) is 0 Å². The molecule has 1 aromatic heterocycles. The standard InChI is InChI=1S/C14H20N4O3S/c1-10(2)14-15-13(21-16-14)9-11-5-7-12(8-6-11)17-22(19,20)18(3)4/h5-8,10,17H,9H2,1-4H3. The SMILES string of the molecule is CC(C)c1noc(Cc2ccc(NS(=O)(=O)N(C)C)cc2)n1. The van der Waals surface area contributed by atoms with Gasteiger partial charge in [-0.3, -0.25) is 4.72 Å². The van der Waals surface area contributed by atoms with Crippen LogP contribution in [-0.4, -0.2) is 37.0 Å². The average Bonchev–Trinajstić information content (AvgIpc) is 2.89. The van der Waals surface area contributed by atoms with Crippen molar-refractivity contribution in [2.45, 2.75) is 26.2 Å². The maximum Gasteiger partial charge on any atom is 0.301 e. The highest BCUT2D eigenvalue weighted by Gasteiger charge is 2.13. The van der Waals surface area contributed by atoms with Crippen LogP contribution in [0.2, 0.25) is 0 Å². The molecule has 0 spiro atoms. The molecule has 0 amide bonds. The first-order chi connectivity index (χ1) is 10.3. The van der Waals surface area contributed by atoms with E-state index >= 15 is 0 Å². The third-order valence-electron chi connectivity index (χ3n) is 3.04. The molecule has 2 rings (SSSR count). The first-order valence-electron chi connectivity index (χ1n) is 6.89. The molecule has 0 atom stereocenters. The summed E-state index contributed by atoms with van der Waals surface area (Å²) in [7, 11) is -0.545. The molecule has 2 aromatic rings. The lowest BCUT2D eigenvalue weighted by molar-refractivity contribution is 0.377. The topological polar surface area (TPSA) is 88.3 Å². The van der Waals surface area contributed by atoms with Crippen LogP contribution in [-0.2, 0) is 16.6 Å². The second kappa shape index (κ2) is 6.45. The molecule has 120 valence electrons. The van der Waals surface area contributed by atoms with Gasteiger partial charge in [-0.15, -0.1) is 0 Å². The average molecular weight is 324 g/mol. The van der Waals surface area contributed by atoms with Gasteiger partial charge in [-0.25, -0.2) is 0 Å². The van der Waals surface area contributed by atoms with Crippen LogP contribution in [0.1, 0.15) is 37.0 Å². The van der Waals surface area contributed by atoms with Gasteiger partial charge in [-0.05, 0) is 17.7 Å². The highest BCUT2D eigenvalue weighted by Crippen LogP contribution is 2.16. The normalized spacial score (nSPS) is 12.1. The smallest absolute Gasteiger partial charge is 0.301 e. The van der Waals surface area contributed by atoms with Crippen LogP contribution in [0.5, 0.6) is 0 Å². The molecule has 22 heavy (non-hydrogen) atoms. The second-order valence-electron chi connectivity index (χ2n) is 5.46. The highest BCUT2D eigenvalue weighted by atomic mass is 32.2. The maximum absolute atomic E-state index is 11.7. The second-order valence-corrected chi connectivity index (χ2v) is 7.35. The Morgan fingerprint density at radius 2 is 1.86 bits per heavy atom. The van der Waals surface area contributed by atoms with Crippen LogP contribution in [0, 0.1) is 0 Å². The molecule has 1 N–H and O–H groups in total. The molecule has 0 aliphatic carbocycles. The molecule has 8 heteroatoms. The van der Waals surface area contributed by atoms with Crippen LogP contribution in [0.15, 0.2) is 28.8 Å². The molecule has 0 fully saturated rings. The number of benzene rings is 1. The molecular formula is C14H20N4O3S. The van der Waals surface area contributed by atoms with E-state index in [-0.39, 0.29) is 5.92 Å². The van der Waals surface area contributed by atoms with Crippen LogP contribution in [0.25, 0.3) is 0 Å². The Morgan fingerprint density at radius 3 is 2.36 bits per heavy atom. The van der Waals surface area contributed by atoms with Crippen LogP contribution >= 0.6 is 0 Å². The first-order valence-corrected chi connectivity index (χ1v) is 8.33. The summed E-state index contributed by atoms with van der Waals surface area (Å²) >= 11 is 0. The van der Waals surface area contributed by atoms with Crippen molar-refractivity contribution in [1.29, 1.82) is 0 Å². The lowest BCUT2D eigenvalue weighted by Crippen LogP contribution is -2.28. The Balaban J connectivity index is 2.05. The summed E-state index contributed by atoms with van der Waals surface area (Å²) < 4.78 is 32.2. The zero-order valence-corrected chi connectivity index (χ0v) is 13.9. The molecule has 0 saturated carbocycles. The quantitative estimate of drug-likeness (QED) is 0.878. The van der Waals surface area contributed by atoms with E-state index in [2.05, 4.69) is 14.9 Å². The van der Waals surface area contributed by atoms with Crippen molar-refractivity contribution < 1.29 is 12.9 Å². The van der Waals surface area contributed by atoms with E-state index in [4.69, 9.17) is 4.52 Å². The van der Waals surface area contributed by atoms with Crippen LogP contribution in [0.4, 0.5) is 5.69 Å². The maximum atomic E-state index is 11.7. The summed E-state index contributed by atoms with van der Waals surface area (Å²) in [5, 5.41) is 3.91. The van der Waals surface area contributed by atoms with Crippen molar-refractivity contribution in [2.75, 3.05) is 18.8 Å². The van der Waals surface area contributed by atoms with Gasteiger partial charge in [0, 0.05) is 25.7 Å². The number of aromatic nitrogens is 2. The summed E-state index contributed by atoms with van der Waals surface area (Å²) in [6, 6.07) is 7.06. The lowest BCUT2D eigenvalue weighted by atomic mass is 10.1. The largest absolute Gasteiger partial charge is 0.339 e. The van der Waals surface area contributed by atoms with Gasteiger partial charge in [0.2, 0.25) is 5.89 Å². The molecule has 0 aliphatic rings. The number of nitrogens with one attached hydrogen (secondary N) is 1. The van der Waals surface area contributed by atoms with Crippen molar-refractivity contribution in [2.24, 2.45) is 0 Å². The third-order valence-corrected chi connectivity index (χ3v) is 4.49. The number of rotatable bonds is 6. The molecule has 1 heterocycles. The predicted octanol–water partition coefficient (Wildman–Crippen LogP) is 2.00. The summed E-state index contributed by atoms with van der Waals surface area (Å²) in [6.07, 6.45) is 0.514. The molecule has 1 aromatic carbocycles. The molecule has 0 bridgehead atoms. The third kappa shape index (κ3) is 4.05. The fourth-order valence-corrected chi connectivity index (χ4v) is 2.30. The van der Waals surface area contributed by atoms with Gasteiger partial charge in [-0.1, -0.05) is 31.1 Å². The molecule has 0 radical (unpaired) electrons. The summed E-state index contributed by atoms with van der Waals surface area (Å²) in [5.74, 6) is 1.45. The Bertz CT molecular complexity index is 721. The minimum absolute atomic E-state index is 0.223. The molecule has 0 aliphatic heterocycles. The van der Waals surface area contributed by atoms with Gasteiger partial charge >= 0.3 is 10.2 Å². The number of nitrogens with zero attached hydrogens (tertiary/aromatic N) is 3. The van der Waals surface area contributed by atoms with E-state index in [9.17, 15) is 8.42 Å². The minimum Gasteiger partial charge on any atom is -0.339 e. The van der Waals surface area contributed by atoms with Gasteiger partial charge in [0.1, 0.15) is 0 Å². The zero-order valence-electron chi connectivity index (χ0n) is 13.1. The summed E-state index contributed by atoms with van der Waals surface area (Å²) in [5.41, 5.74) is 1.47. The van der Waals surface area contributed by atoms with E-state index in [0.717, 1.165) is 9.87 Å². The van der Waals surface area contributed by atoms with E-state index in [1.54, 1.807) is 12.1 Å². The van der Waals surface area contributed by atoms with Crippen molar-refractivity contribution in [1.82, 2.24) is 14.4 Å².